The van der Waals surface area contributed by atoms with Crippen LogP contribution in [0.25, 0.3) is 0 Å². The molecule has 0 N–H and O–H groups in total. The maximum Gasteiger partial charge on any atom is 0.193 e. The predicted molar refractivity (Wildman–Crippen MR) is 145 cm³/mol. The van der Waals surface area contributed by atoms with Crippen LogP contribution in [0, 0.1) is 0 Å². The van der Waals surface area contributed by atoms with Crippen LogP contribution in [0.5, 0.6) is 0 Å². The molecule has 1 aliphatic carbocycles. The highest BCUT2D eigenvalue weighted by molar-refractivity contribution is 6.75. The van der Waals surface area contributed by atoms with Gasteiger partial charge in [-0.05, 0) is 60.5 Å². The molecule has 0 heterocycles. The summed E-state index contributed by atoms with van der Waals surface area (Å²) >= 11 is 0. The van der Waals surface area contributed by atoms with E-state index in [0.29, 0.717) is 6.42 Å². The molecular weight excluding hydrogens is 449 g/mol. The molecule has 0 saturated heterocycles. The fourth-order valence-electron chi connectivity index (χ4n) is 2.85. The number of ketones is 1. The molecule has 0 aromatic rings. The molecule has 0 spiro atoms. The summed E-state index contributed by atoms with van der Waals surface area (Å²) in [6.07, 6.45) is 3.30. The highest BCUT2D eigenvalue weighted by Gasteiger charge is 2.48. The molecule has 0 amide bonds. The van der Waals surface area contributed by atoms with Gasteiger partial charge in [0.2, 0.25) is 0 Å². The largest absolute Gasteiger partial charge is 0.411 e. The second-order valence-electron chi connectivity index (χ2n) is 14.1. The van der Waals surface area contributed by atoms with Gasteiger partial charge in [-0.25, -0.2) is 0 Å². The number of rotatable bonds is 6. The third-order valence-electron chi connectivity index (χ3n) is 8.29. The van der Waals surface area contributed by atoms with E-state index in [1.165, 1.54) is 0 Å². The van der Waals surface area contributed by atoms with E-state index in [1.807, 2.05) is 6.08 Å². The zero-order chi connectivity index (χ0) is 25.6. The first kappa shape index (κ1) is 30.0. The molecule has 1 aliphatic rings. The highest BCUT2D eigenvalue weighted by Crippen LogP contribution is 2.43. The molecule has 0 bridgehead atoms. The Bertz CT molecular complexity index is 691. The van der Waals surface area contributed by atoms with Crippen LogP contribution in [0.4, 0.5) is 0 Å². The maximum atomic E-state index is 13.4. The lowest BCUT2D eigenvalue weighted by Crippen LogP contribution is -2.54. The quantitative estimate of drug-likeness (QED) is 0.351. The number of carbonyl (C=O) groups excluding carboxylic acids is 1. The van der Waals surface area contributed by atoms with Gasteiger partial charge in [-0.3, -0.25) is 4.79 Å². The summed E-state index contributed by atoms with van der Waals surface area (Å²) in [4.78, 5) is 13.4. The second-order valence-corrected chi connectivity index (χ2v) is 28.4. The summed E-state index contributed by atoms with van der Waals surface area (Å²) < 4.78 is 20.4. The lowest BCUT2D eigenvalue weighted by atomic mass is 10.1. The Balaban J connectivity index is 3.37. The van der Waals surface area contributed by atoms with Crippen LogP contribution >= 0.6 is 0 Å². The van der Waals surface area contributed by atoms with Crippen molar-refractivity contribution < 1.29 is 18.1 Å². The smallest absolute Gasteiger partial charge is 0.193 e. The van der Waals surface area contributed by atoms with Crippen molar-refractivity contribution in [1.29, 1.82) is 0 Å². The van der Waals surface area contributed by atoms with Crippen LogP contribution in [-0.2, 0) is 18.1 Å². The lowest BCUT2D eigenvalue weighted by molar-refractivity contribution is -0.126. The molecule has 0 aromatic carbocycles. The predicted octanol–water partition coefficient (Wildman–Crippen LogP) is 7.69. The van der Waals surface area contributed by atoms with Crippen LogP contribution in [-0.4, -0.2) is 49.0 Å². The van der Waals surface area contributed by atoms with Crippen LogP contribution < -0.4 is 0 Å². The van der Waals surface area contributed by atoms with Crippen LogP contribution in [0.2, 0.25) is 54.4 Å². The number of hydrogen-bond acceptors (Lipinski definition) is 4. The molecule has 0 fully saturated rings. The molecule has 32 heavy (non-hydrogen) atoms. The fourth-order valence-corrected chi connectivity index (χ4v) is 6.72. The average Bonchev–Trinajstić information content (AvgIpc) is 2.64. The van der Waals surface area contributed by atoms with Gasteiger partial charge < -0.3 is 13.3 Å². The van der Waals surface area contributed by atoms with E-state index in [1.54, 1.807) is 6.08 Å². The Hall–Kier alpha value is -0.0594. The molecule has 0 unspecified atom stereocenters. The fraction of sp³-hybridized carbons (Fsp3) is 0.880. The Morgan fingerprint density at radius 2 is 1.06 bits per heavy atom. The van der Waals surface area contributed by atoms with E-state index >= 15 is 0 Å². The van der Waals surface area contributed by atoms with Gasteiger partial charge in [0.25, 0.3) is 0 Å². The third-order valence-corrected chi connectivity index (χ3v) is 21.8. The molecule has 0 aliphatic heterocycles. The highest BCUT2D eigenvalue weighted by atomic mass is 28.4. The number of carbonyl (C=O) groups is 1. The Morgan fingerprint density at radius 3 is 1.47 bits per heavy atom. The standard InChI is InChI=1S/C25H52O4Si3/c1-23(2,3)30(10,11)27-19-16-17-20(26)22(29-32(14,15)25(7,8)9)21(18-19)28-31(12,13)24(4,5)6/h16-17,19,21-22H,18H2,1-15H3/t19-,21-,22-/m0/s1. The minimum absolute atomic E-state index is 0.0138. The monoisotopic (exact) mass is 500 g/mol. The van der Waals surface area contributed by atoms with Crippen molar-refractivity contribution in [3.8, 4) is 0 Å². The van der Waals surface area contributed by atoms with Crippen LogP contribution in [0.1, 0.15) is 68.7 Å². The summed E-state index contributed by atoms with van der Waals surface area (Å²) in [7, 11) is -6.29. The number of hydrogen-bond donors (Lipinski definition) is 0. The first-order chi connectivity index (χ1) is 13.9. The van der Waals surface area contributed by atoms with Gasteiger partial charge in [-0.15, -0.1) is 0 Å². The molecular formula is C25H52O4Si3. The lowest BCUT2D eigenvalue weighted by Gasteiger charge is -2.45. The summed E-state index contributed by atoms with van der Waals surface area (Å²) in [5, 5.41) is 0.166. The van der Waals surface area contributed by atoms with Gasteiger partial charge in [0.15, 0.2) is 30.7 Å². The zero-order valence-electron chi connectivity index (χ0n) is 23.7. The Labute approximate surface area is 202 Å². The maximum absolute atomic E-state index is 13.4. The van der Waals surface area contributed by atoms with Gasteiger partial charge in [0, 0.05) is 6.42 Å². The van der Waals surface area contributed by atoms with Crippen molar-refractivity contribution in [2.45, 2.75) is 141 Å². The van der Waals surface area contributed by atoms with Gasteiger partial charge in [0.05, 0.1) is 12.2 Å². The van der Waals surface area contributed by atoms with Crippen LogP contribution in [0.15, 0.2) is 12.2 Å². The van der Waals surface area contributed by atoms with Crippen molar-refractivity contribution in [2.24, 2.45) is 0 Å². The van der Waals surface area contributed by atoms with Crippen LogP contribution in [0.3, 0.4) is 0 Å². The summed E-state index contributed by atoms with van der Waals surface area (Å²) in [6, 6.07) is 0. The normalized spacial score (nSPS) is 24.6. The average molecular weight is 501 g/mol. The molecule has 0 saturated carbocycles. The van der Waals surface area contributed by atoms with Crippen molar-refractivity contribution in [3.63, 3.8) is 0 Å². The molecule has 4 nitrogen and oxygen atoms in total. The van der Waals surface area contributed by atoms with Gasteiger partial charge in [-0.2, -0.15) is 0 Å². The first-order valence-corrected chi connectivity index (χ1v) is 20.9. The van der Waals surface area contributed by atoms with Gasteiger partial charge >= 0.3 is 0 Å². The SMILES string of the molecule is CC(C)(C)[Si](C)(C)O[C@H]1C[C@@H](O[Si](C)(C)C(C)(C)C)C=CC(=O)[C@@H]1O[Si](C)(C)C(C)(C)C. The van der Waals surface area contributed by atoms with Crippen molar-refractivity contribution >= 4 is 30.7 Å². The zero-order valence-corrected chi connectivity index (χ0v) is 26.7. The second kappa shape index (κ2) is 9.53. The topological polar surface area (TPSA) is 44.8 Å². The van der Waals surface area contributed by atoms with E-state index in [4.69, 9.17) is 13.3 Å². The minimum atomic E-state index is -2.17. The molecule has 7 heteroatoms. The van der Waals surface area contributed by atoms with Gasteiger partial charge in [-0.1, -0.05) is 68.4 Å². The van der Waals surface area contributed by atoms with E-state index < -0.39 is 31.1 Å². The third kappa shape index (κ3) is 7.22. The molecule has 188 valence electrons. The van der Waals surface area contributed by atoms with E-state index in [9.17, 15) is 4.79 Å². The summed E-state index contributed by atoms with van der Waals surface area (Å²) in [6.45, 7) is 33.6. The molecule has 3 atom stereocenters. The minimum Gasteiger partial charge on any atom is -0.411 e. The Kier molecular flexibility index (Phi) is 8.93. The summed E-state index contributed by atoms with van der Waals surface area (Å²) in [5.74, 6) is 0.0138. The van der Waals surface area contributed by atoms with Gasteiger partial charge in [0.1, 0.15) is 6.10 Å². The van der Waals surface area contributed by atoms with E-state index in [0.717, 1.165) is 0 Å². The van der Waals surface area contributed by atoms with Crippen molar-refractivity contribution in [2.75, 3.05) is 0 Å². The van der Waals surface area contributed by atoms with E-state index in [2.05, 4.69) is 102 Å². The van der Waals surface area contributed by atoms with E-state index in [-0.39, 0.29) is 33.1 Å². The Morgan fingerprint density at radius 1 is 0.688 bits per heavy atom. The molecule has 1 rings (SSSR count). The first-order valence-electron chi connectivity index (χ1n) is 12.2. The van der Waals surface area contributed by atoms with Crippen molar-refractivity contribution in [3.05, 3.63) is 12.2 Å². The molecule has 0 radical (unpaired) electrons. The molecule has 0 aromatic heterocycles. The van der Waals surface area contributed by atoms with Crippen molar-refractivity contribution in [1.82, 2.24) is 0 Å². The summed E-state index contributed by atoms with van der Waals surface area (Å²) in [5.41, 5.74) is 0.